The molecule has 2 nitrogen and oxygen atoms in total. The van der Waals surface area contributed by atoms with Gasteiger partial charge in [0.15, 0.2) is 0 Å². The fraction of sp³-hybridized carbons (Fsp3) is 0.250. The SMILES string of the molecule is CC(C)[C@@H]1N[C@H](c2ccccc2)OC1(c1ccccc1)c1ccccc1. The lowest BCUT2D eigenvalue weighted by Gasteiger charge is -2.37. The fourth-order valence-corrected chi connectivity index (χ4v) is 4.06. The minimum Gasteiger partial charge on any atom is -0.341 e. The largest absolute Gasteiger partial charge is 0.341 e. The number of hydrogen-bond acceptors (Lipinski definition) is 2. The minimum absolute atomic E-state index is 0.135. The summed E-state index contributed by atoms with van der Waals surface area (Å²) in [7, 11) is 0. The van der Waals surface area contributed by atoms with E-state index >= 15 is 0 Å². The van der Waals surface area contributed by atoms with Crippen LogP contribution in [-0.4, -0.2) is 6.04 Å². The first-order valence-electron chi connectivity index (χ1n) is 9.31. The molecule has 3 aromatic rings. The maximum Gasteiger partial charge on any atom is 0.136 e. The predicted molar refractivity (Wildman–Crippen MR) is 106 cm³/mol. The van der Waals surface area contributed by atoms with Gasteiger partial charge in [0.05, 0.1) is 0 Å². The van der Waals surface area contributed by atoms with E-state index < -0.39 is 5.60 Å². The molecule has 0 radical (unpaired) electrons. The Kier molecular flexibility index (Phi) is 4.62. The van der Waals surface area contributed by atoms with Crippen LogP contribution in [0.15, 0.2) is 91.0 Å². The second-order valence-electron chi connectivity index (χ2n) is 7.26. The van der Waals surface area contributed by atoms with Crippen LogP contribution in [0.5, 0.6) is 0 Å². The number of benzene rings is 3. The summed E-state index contributed by atoms with van der Waals surface area (Å²) in [5.74, 6) is 0.407. The summed E-state index contributed by atoms with van der Waals surface area (Å²) < 4.78 is 6.87. The van der Waals surface area contributed by atoms with Gasteiger partial charge < -0.3 is 4.74 Å². The van der Waals surface area contributed by atoms with E-state index in [9.17, 15) is 0 Å². The maximum atomic E-state index is 6.87. The van der Waals surface area contributed by atoms with E-state index in [-0.39, 0.29) is 12.3 Å². The standard InChI is InChI=1S/C24H25NO/c1-18(2)22-24(20-14-8-4-9-15-20,21-16-10-5-11-17-21)26-23(25-22)19-12-6-3-7-13-19/h3-18,22-23,25H,1-2H3/t22-,23-/m0/s1. The molecule has 0 amide bonds. The van der Waals surface area contributed by atoms with Gasteiger partial charge in [-0.25, -0.2) is 0 Å². The summed E-state index contributed by atoms with van der Waals surface area (Å²) in [5.41, 5.74) is 3.02. The van der Waals surface area contributed by atoms with E-state index in [0.29, 0.717) is 5.92 Å². The molecule has 1 N–H and O–H groups in total. The molecule has 4 rings (SSSR count). The van der Waals surface area contributed by atoms with Gasteiger partial charge in [0, 0.05) is 6.04 Å². The molecule has 0 spiro atoms. The summed E-state index contributed by atoms with van der Waals surface area (Å²) in [6, 6.07) is 31.8. The number of ether oxygens (including phenoxy) is 1. The highest BCUT2D eigenvalue weighted by atomic mass is 16.5. The molecule has 0 saturated carbocycles. The van der Waals surface area contributed by atoms with Gasteiger partial charge in [-0.15, -0.1) is 0 Å². The molecule has 1 saturated heterocycles. The Balaban J connectivity index is 1.88. The first-order chi connectivity index (χ1) is 12.7. The highest BCUT2D eigenvalue weighted by Crippen LogP contribution is 2.47. The highest BCUT2D eigenvalue weighted by Gasteiger charge is 2.52. The number of nitrogens with one attached hydrogen (secondary N) is 1. The van der Waals surface area contributed by atoms with Crippen LogP contribution in [0.2, 0.25) is 0 Å². The van der Waals surface area contributed by atoms with Gasteiger partial charge in [-0.2, -0.15) is 0 Å². The molecule has 1 fully saturated rings. The summed E-state index contributed by atoms with van der Waals surface area (Å²) in [6.07, 6.45) is -0.135. The van der Waals surface area contributed by atoms with Gasteiger partial charge >= 0.3 is 0 Å². The van der Waals surface area contributed by atoms with Gasteiger partial charge in [0.2, 0.25) is 0 Å². The number of rotatable bonds is 4. The van der Waals surface area contributed by atoms with E-state index in [1.54, 1.807) is 0 Å². The predicted octanol–water partition coefficient (Wildman–Crippen LogP) is 5.27. The molecule has 1 aliphatic heterocycles. The smallest absolute Gasteiger partial charge is 0.136 e. The minimum atomic E-state index is -0.517. The Labute approximate surface area is 155 Å². The molecule has 26 heavy (non-hydrogen) atoms. The van der Waals surface area contributed by atoms with Gasteiger partial charge in [-0.05, 0) is 22.6 Å². The summed E-state index contributed by atoms with van der Waals surface area (Å²) in [4.78, 5) is 0. The van der Waals surface area contributed by atoms with Gasteiger partial charge in [-0.3, -0.25) is 5.32 Å². The second-order valence-corrected chi connectivity index (χ2v) is 7.26. The van der Waals surface area contributed by atoms with Crippen LogP contribution in [0.4, 0.5) is 0 Å². The third-order valence-corrected chi connectivity index (χ3v) is 5.25. The van der Waals surface area contributed by atoms with E-state index in [2.05, 4.69) is 104 Å². The first-order valence-corrected chi connectivity index (χ1v) is 9.31. The van der Waals surface area contributed by atoms with Crippen molar-refractivity contribution in [1.82, 2.24) is 5.32 Å². The quantitative estimate of drug-likeness (QED) is 0.696. The van der Waals surface area contributed by atoms with Crippen LogP contribution in [-0.2, 0) is 10.3 Å². The van der Waals surface area contributed by atoms with Crippen molar-refractivity contribution in [3.8, 4) is 0 Å². The van der Waals surface area contributed by atoms with E-state index in [1.165, 1.54) is 11.1 Å². The summed E-state index contributed by atoms with van der Waals surface area (Å²) in [5, 5.41) is 3.77. The second kappa shape index (κ2) is 7.06. The van der Waals surface area contributed by atoms with Crippen molar-refractivity contribution in [3.63, 3.8) is 0 Å². The highest BCUT2D eigenvalue weighted by molar-refractivity contribution is 5.41. The summed E-state index contributed by atoms with van der Waals surface area (Å²) >= 11 is 0. The van der Waals surface area contributed by atoms with Crippen LogP contribution in [0.25, 0.3) is 0 Å². The molecular weight excluding hydrogens is 318 g/mol. The van der Waals surface area contributed by atoms with Gasteiger partial charge in [-0.1, -0.05) is 105 Å². The Hall–Kier alpha value is -2.42. The van der Waals surface area contributed by atoms with Crippen molar-refractivity contribution in [2.24, 2.45) is 5.92 Å². The van der Waals surface area contributed by atoms with Gasteiger partial charge in [0.1, 0.15) is 11.8 Å². The first kappa shape index (κ1) is 17.0. The third-order valence-electron chi connectivity index (χ3n) is 5.25. The molecule has 2 heteroatoms. The Morgan fingerprint density at radius 3 is 1.65 bits per heavy atom. The molecule has 0 bridgehead atoms. The van der Waals surface area contributed by atoms with Crippen molar-refractivity contribution in [2.45, 2.75) is 31.7 Å². The molecule has 1 heterocycles. The van der Waals surface area contributed by atoms with E-state index in [0.717, 1.165) is 5.56 Å². The van der Waals surface area contributed by atoms with Crippen molar-refractivity contribution in [2.75, 3.05) is 0 Å². The van der Waals surface area contributed by atoms with Crippen molar-refractivity contribution >= 4 is 0 Å². The van der Waals surface area contributed by atoms with E-state index in [4.69, 9.17) is 4.74 Å². The van der Waals surface area contributed by atoms with Gasteiger partial charge in [0.25, 0.3) is 0 Å². The van der Waals surface area contributed by atoms with Crippen LogP contribution < -0.4 is 5.32 Å². The Morgan fingerprint density at radius 1 is 0.731 bits per heavy atom. The topological polar surface area (TPSA) is 21.3 Å². The van der Waals surface area contributed by atoms with Crippen LogP contribution in [0, 0.1) is 5.92 Å². The zero-order valence-electron chi connectivity index (χ0n) is 15.3. The lowest BCUT2D eigenvalue weighted by atomic mass is 9.76. The lowest BCUT2D eigenvalue weighted by Crippen LogP contribution is -2.45. The number of hydrogen-bond donors (Lipinski definition) is 1. The molecule has 0 unspecified atom stereocenters. The van der Waals surface area contributed by atoms with E-state index in [1.807, 2.05) is 6.07 Å². The average Bonchev–Trinajstić information content (AvgIpc) is 3.12. The zero-order valence-corrected chi connectivity index (χ0v) is 15.3. The van der Waals surface area contributed by atoms with Crippen molar-refractivity contribution < 1.29 is 4.74 Å². The zero-order chi connectivity index (χ0) is 18.0. The Bertz CT molecular complexity index is 790. The van der Waals surface area contributed by atoms with Crippen molar-refractivity contribution in [1.29, 1.82) is 0 Å². The lowest BCUT2D eigenvalue weighted by molar-refractivity contribution is -0.0298. The van der Waals surface area contributed by atoms with Crippen molar-refractivity contribution in [3.05, 3.63) is 108 Å². The average molecular weight is 343 g/mol. The fourth-order valence-electron chi connectivity index (χ4n) is 4.06. The molecule has 2 atom stereocenters. The monoisotopic (exact) mass is 343 g/mol. The Morgan fingerprint density at radius 2 is 1.19 bits per heavy atom. The molecule has 132 valence electrons. The maximum absolute atomic E-state index is 6.87. The molecule has 0 aromatic heterocycles. The van der Waals surface area contributed by atoms with Crippen LogP contribution >= 0.6 is 0 Å². The van der Waals surface area contributed by atoms with Crippen LogP contribution in [0.1, 0.15) is 36.8 Å². The third kappa shape index (κ3) is 2.86. The molecule has 1 aliphatic rings. The summed E-state index contributed by atoms with van der Waals surface area (Å²) in [6.45, 7) is 4.52. The van der Waals surface area contributed by atoms with Crippen LogP contribution in [0.3, 0.4) is 0 Å². The molecule has 3 aromatic carbocycles. The molecular formula is C24H25NO. The molecule has 0 aliphatic carbocycles. The normalized spacial score (nSPS) is 21.8.